The molecule has 0 heterocycles. The Morgan fingerprint density at radius 3 is 2.93 bits per heavy atom. The molecule has 4 heteroatoms. The summed E-state index contributed by atoms with van der Waals surface area (Å²) >= 11 is 5.80. The van der Waals surface area contributed by atoms with Crippen LogP contribution in [0.4, 0.5) is 0 Å². The summed E-state index contributed by atoms with van der Waals surface area (Å²) in [6.45, 7) is 2.41. The fourth-order valence-electron chi connectivity index (χ4n) is 1.22. The summed E-state index contributed by atoms with van der Waals surface area (Å²) in [5.74, 6) is -0.150. The van der Waals surface area contributed by atoms with E-state index >= 15 is 0 Å². The molecule has 1 aromatic rings. The van der Waals surface area contributed by atoms with Gasteiger partial charge in [-0.3, -0.25) is 4.79 Å². The van der Waals surface area contributed by atoms with Gasteiger partial charge in [0, 0.05) is 23.7 Å². The van der Waals surface area contributed by atoms with E-state index in [0.717, 1.165) is 5.56 Å². The van der Waals surface area contributed by atoms with Crippen LogP contribution in [-0.2, 0) is 0 Å². The smallest absolute Gasteiger partial charge is 0.251 e. The molecular weight excluding hydrogens is 214 g/mol. The molecule has 3 nitrogen and oxygen atoms in total. The summed E-state index contributed by atoms with van der Waals surface area (Å²) in [5, 5.41) is 11.8. The van der Waals surface area contributed by atoms with Crippen molar-refractivity contribution in [1.82, 2.24) is 5.32 Å². The number of amides is 1. The van der Waals surface area contributed by atoms with E-state index in [1.807, 2.05) is 13.0 Å². The average molecular weight is 228 g/mol. The minimum absolute atomic E-state index is 0.0782. The average Bonchev–Trinajstić information content (AvgIpc) is 2.22. The van der Waals surface area contributed by atoms with Gasteiger partial charge in [0.15, 0.2) is 0 Å². The van der Waals surface area contributed by atoms with Crippen LogP contribution < -0.4 is 5.32 Å². The van der Waals surface area contributed by atoms with Crippen LogP contribution in [-0.4, -0.2) is 24.2 Å². The SMILES string of the molecule is Cc1ccc(Cl)cc1C(=O)NCCCO. The minimum atomic E-state index is -0.150. The molecule has 0 aromatic heterocycles. The predicted octanol–water partition coefficient (Wildman–Crippen LogP) is 1.76. The van der Waals surface area contributed by atoms with E-state index in [9.17, 15) is 4.79 Å². The zero-order valence-corrected chi connectivity index (χ0v) is 9.34. The second kappa shape index (κ2) is 5.73. The van der Waals surface area contributed by atoms with Crippen molar-refractivity contribution in [3.63, 3.8) is 0 Å². The molecule has 0 aliphatic carbocycles. The summed E-state index contributed by atoms with van der Waals surface area (Å²) in [6.07, 6.45) is 0.561. The largest absolute Gasteiger partial charge is 0.396 e. The van der Waals surface area contributed by atoms with Crippen LogP contribution >= 0.6 is 11.6 Å². The van der Waals surface area contributed by atoms with Crippen LogP contribution in [0.5, 0.6) is 0 Å². The van der Waals surface area contributed by atoms with Crippen LogP contribution in [0, 0.1) is 6.92 Å². The lowest BCUT2D eigenvalue weighted by atomic mass is 10.1. The Bertz CT molecular complexity index is 352. The first-order chi connectivity index (χ1) is 7.15. The van der Waals surface area contributed by atoms with Crippen LogP contribution in [0.1, 0.15) is 22.3 Å². The van der Waals surface area contributed by atoms with Gasteiger partial charge in [0.1, 0.15) is 0 Å². The van der Waals surface area contributed by atoms with Crippen molar-refractivity contribution in [3.8, 4) is 0 Å². The van der Waals surface area contributed by atoms with Crippen molar-refractivity contribution in [2.75, 3.05) is 13.2 Å². The van der Waals surface area contributed by atoms with Crippen LogP contribution in [0.15, 0.2) is 18.2 Å². The molecule has 0 bridgehead atoms. The molecule has 1 amide bonds. The molecule has 2 N–H and O–H groups in total. The molecule has 82 valence electrons. The third kappa shape index (κ3) is 3.53. The van der Waals surface area contributed by atoms with Gasteiger partial charge in [0.2, 0.25) is 0 Å². The van der Waals surface area contributed by atoms with Gasteiger partial charge in [-0.25, -0.2) is 0 Å². The van der Waals surface area contributed by atoms with Crippen LogP contribution in [0.2, 0.25) is 5.02 Å². The van der Waals surface area contributed by atoms with Gasteiger partial charge in [-0.15, -0.1) is 0 Å². The fourth-order valence-corrected chi connectivity index (χ4v) is 1.39. The number of rotatable bonds is 4. The van der Waals surface area contributed by atoms with Gasteiger partial charge >= 0.3 is 0 Å². The third-order valence-electron chi connectivity index (χ3n) is 2.06. The number of hydrogen-bond acceptors (Lipinski definition) is 2. The maximum Gasteiger partial charge on any atom is 0.251 e. The highest BCUT2D eigenvalue weighted by Gasteiger charge is 2.08. The molecule has 0 saturated heterocycles. The second-order valence-corrected chi connectivity index (χ2v) is 3.73. The third-order valence-corrected chi connectivity index (χ3v) is 2.30. The first kappa shape index (κ1) is 12.0. The molecule has 0 saturated carbocycles. The van der Waals surface area contributed by atoms with Crippen LogP contribution in [0.3, 0.4) is 0 Å². The molecule has 0 atom stereocenters. The van der Waals surface area contributed by atoms with Crippen molar-refractivity contribution in [1.29, 1.82) is 0 Å². The highest BCUT2D eigenvalue weighted by Crippen LogP contribution is 2.15. The van der Waals surface area contributed by atoms with Crippen LogP contribution in [0.25, 0.3) is 0 Å². The number of benzene rings is 1. The van der Waals surface area contributed by atoms with E-state index in [-0.39, 0.29) is 12.5 Å². The molecule has 15 heavy (non-hydrogen) atoms. The van der Waals surface area contributed by atoms with E-state index in [2.05, 4.69) is 5.32 Å². The molecule has 0 aliphatic rings. The van der Waals surface area contributed by atoms with Crippen molar-refractivity contribution in [3.05, 3.63) is 34.3 Å². The Balaban J connectivity index is 2.68. The zero-order chi connectivity index (χ0) is 11.3. The molecule has 0 fully saturated rings. The lowest BCUT2D eigenvalue weighted by molar-refractivity contribution is 0.0950. The van der Waals surface area contributed by atoms with Gasteiger partial charge in [0.05, 0.1) is 0 Å². The number of hydrogen-bond donors (Lipinski definition) is 2. The summed E-state index contributed by atoms with van der Waals surface area (Å²) < 4.78 is 0. The Labute approximate surface area is 94.1 Å². The Hall–Kier alpha value is -1.06. The number of aliphatic hydroxyl groups is 1. The van der Waals surface area contributed by atoms with E-state index in [1.165, 1.54) is 0 Å². The number of halogens is 1. The van der Waals surface area contributed by atoms with E-state index in [0.29, 0.717) is 23.6 Å². The minimum Gasteiger partial charge on any atom is -0.396 e. The van der Waals surface area contributed by atoms with Gasteiger partial charge in [-0.1, -0.05) is 17.7 Å². The van der Waals surface area contributed by atoms with Gasteiger partial charge in [0.25, 0.3) is 5.91 Å². The van der Waals surface area contributed by atoms with E-state index in [4.69, 9.17) is 16.7 Å². The molecule has 0 unspecified atom stereocenters. The van der Waals surface area contributed by atoms with Gasteiger partial charge < -0.3 is 10.4 Å². The lowest BCUT2D eigenvalue weighted by Crippen LogP contribution is -2.25. The topological polar surface area (TPSA) is 49.3 Å². The van der Waals surface area contributed by atoms with E-state index < -0.39 is 0 Å². The highest BCUT2D eigenvalue weighted by molar-refractivity contribution is 6.31. The number of carbonyl (C=O) groups excluding carboxylic acids is 1. The summed E-state index contributed by atoms with van der Waals surface area (Å²) in [4.78, 5) is 11.6. The molecule has 1 rings (SSSR count). The molecule has 0 spiro atoms. The first-order valence-electron chi connectivity index (χ1n) is 4.80. The number of aryl methyl sites for hydroxylation is 1. The molecular formula is C11H14ClNO2. The monoisotopic (exact) mass is 227 g/mol. The van der Waals surface area contributed by atoms with Gasteiger partial charge in [-0.2, -0.15) is 0 Å². The Morgan fingerprint density at radius 2 is 2.27 bits per heavy atom. The maximum atomic E-state index is 11.6. The molecule has 0 radical (unpaired) electrons. The quantitative estimate of drug-likeness (QED) is 0.771. The second-order valence-electron chi connectivity index (χ2n) is 3.29. The number of carbonyl (C=O) groups is 1. The fraction of sp³-hybridized carbons (Fsp3) is 0.364. The number of nitrogens with one attached hydrogen (secondary N) is 1. The van der Waals surface area contributed by atoms with E-state index in [1.54, 1.807) is 12.1 Å². The zero-order valence-electron chi connectivity index (χ0n) is 8.59. The number of aliphatic hydroxyl groups excluding tert-OH is 1. The standard InChI is InChI=1S/C11H14ClNO2/c1-8-3-4-9(12)7-10(8)11(15)13-5-2-6-14/h3-4,7,14H,2,5-6H2,1H3,(H,13,15). The van der Waals surface area contributed by atoms with Crippen molar-refractivity contribution in [2.45, 2.75) is 13.3 Å². The summed E-state index contributed by atoms with van der Waals surface area (Å²) in [6, 6.07) is 5.20. The lowest BCUT2D eigenvalue weighted by Gasteiger charge is -2.07. The van der Waals surface area contributed by atoms with Gasteiger partial charge in [-0.05, 0) is 31.0 Å². The highest BCUT2D eigenvalue weighted by atomic mass is 35.5. The Kier molecular flexibility index (Phi) is 4.59. The molecule has 0 aliphatic heterocycles. The maximum absolute atomic E-state index is 11.6. The Morgan fingerprint density at radius 1 is 1.53 bits per heavy atom. The summed E-state index contributed by atoms with van der Waals surface area (Å²) in [5.41, 5.74) is 1.47. The summed E-state index contributed by atoms with van der Waals surface area (Å²) in [7, 11) is 0. The van der Waals surface area contributed by atoms with Crippen molar-refractivity contribution in [2.24, 2.45) is 0 Å². The molecule has 1 aromatic carbocycles. The van der Waals surface area contributed by atoms with Crippen molar-refractivity contribution < 1.29 is 9.90 Å². The van der Waals surface area contributed by atoms with Crippen molar-refractivity contribution >= 4 is 17.5 Å². The predicted molar refractivity (Wildman–Crippen MR) is 60.2 cm³/mol. The first-order valence-corrected chi connectivity index (χ1v) is 5.18. The normalized spacial score (nSPS) is 10.1.